The molecule has 0 aromatic carbocycles. The van der Waals surface area contributed by atoms with Gasteiger partial charge in [-0.15, -0.1) is 0 Å². The number of rotatable bonds is 4. The van der Waals surface area contributed by atoms with Crippen molar-refractivity contribution < 1.29 is 9.53 Å². The molecule has 0 atom stereocenters. The monoisotopic (exact) mass is 197 g/mol. The molecule has 0 saturated carbocycles. The Morgan fingerprint density at radius 1 is 1.43 bits per heavy atom. The van der Waals surface area contributed by atoms with Crippen LogP contribution in [0.5, 0.6) is 0 Å². The normalized spacial score (nSPS) is 10.2. The Hall–Kier alpha value is -1.39. The number of aromatic nitrogens is 3. The summed E-state index contributed by atoms with van der Waals surface area (Å²) in [5.74, 6) is 1.30. The van der Waals surface area contributed by atoms with Crippen LogP contribution in [0.1, 0.15) is 25.5 Å². The zero-order valence-electron chi connectivity index (χ0n) is 8.78. The third-order valence-corrected chi connectivity index (χ3v) is 1.93. The summed E-state index contributed by atoms with van der Waals surface area (Å²) < 4.78 is 6.17. The Bertz CT molecular complexity index is 320. The van der Waals surface area contributed by atoms with Crippen LogP contribution < -0.4 is 0 Å². The van der Waals surface area contributed by atoms with Gasteiger partial charge in [0, 0.05) is 12.8 Å². The van der Waals surface area contributed by atoms with Crippen LogP contribution in [0, 0.1) is 0 Å². The molecule has 0 bridgehead atoms. The van der Waals surface area contributed by atoms with Gasteiger partial charge in [0.15, 0.2) is 5.82 Å². The number of hydrogen-bond donors (Lipinski definition) is 0. The number of esters is 1. The first-order valence-electron chi connectivity index (χ1n) is 4.70. The van der Waals surface area contributed by atoms with Gasteiger partial charge in [0.1, 0.15) is 12.4 Å². The molecule has 5 heteroatoms. The van der Waals surface area contributed by atoms with Gasteiger partial charge in [-0.3, -0.25) is 4.79 Å². The largest absolute Gasteiger partial charge is 0.468 e. The second-order valence-electron chi connectivity index (χ2n) is 2.89. The van der Waals surface area contributed by atoms with Crippen molar-refractivity contribution >= 4 is 5.97 Å². The molecule has 0 unspecified atom stereocenters. The maximum Gasteiger partial charge on any atom is 0.327 e. The first-order chi connectivity index (χ1) is 6.71. The zero-order chi connectivity index (χ0) is 10.6. The van der Waals surface area contributed by atoms with Crippen molar-refractivity contribution in [1.29, 1.82) is 0 Å². The van der Waals surface area contributed by atoms with Crippen molar-refractivity contribution in [3.05, 3.63) is 11.6 Å². The lowest BCUT2D eigenvalue weighted by molar-refractivity contribution is -0.141. The lowest BCUT2D eigenvalue weighted by Crippen LogP contribution is -2.15. The predicted octanol–water partition coefficient (Wildman–Crippen LogP) is 0.576. The summed E-state index contributed by atoms with van der Waals surface area (Å²) in [7, 11) is 1.37. The number of hydrogen-bond acceptors (Lipinski definition) is 4. The molecular weight excluding hydrogens is 182 g/mol. The van der Waals surface area contributed by atoms with Gasteiger partial charge in [0.25, 0.3) is 0 Å². The molecule has 14 heavy (non-hydrogen) atoms. The molecule has 0 radical (unpaired) electrons. The fourth-order valence-corrected chi connectivity index (χ4v) is 1.15. The van der Waals surface area contributed by atoms with Crippen LogP contribution in [0.4, 0.5) is 0 Å². The lowest BCUT2D eigenvalue weighted by atomic mass is 10.4. The summed E-state index contributed by atoms with van der Waals surface area (Å²) in [5, 5.41) is 4.19. The topological polar surface area (TPSA) is 57.0 Å². The van der Waals surface area contributed by atoms with Gasteiger partial charge in [0.2, 0.25) is 0 Å². The fraction of sp³-hybridized carbons (Fsp3) is 0.667. The molecule has 0 saturated heterocycles. The van der Waals surface area contributed by atoms with Gasteiger partial charge in [-0.25, -0.2) is 9.67 Å². The average molecular weight is 197 g/mol. The van der Waals surface area contributed by atoms with E-state index in [9.17, 15) is 4.79 Å². The predicted molar refractivity (Wildman–Crippen MR) is 50.8 cm³/mol. The molecule has 1 aromatic heterocycles. The molecule has 0 amide bonds. The Balaban J connectivity index is 2.83. The summed E-state index contributed by atoms with van der Waals surface area (Å²) >= 11 is 0. The van der Waals surface area contributed by atoms with E-state index in [1.807, 2.05) is 13.8 Å². The second-order valence-corrected chi connectivity index (χ2v) is 2.89. The van der Waals surface area contributed by atoms with E-state index in [4.69, 9.17) is 0 Å². The van der Waals surface area contributed by atoms with Crippen LogP contribution in [-0.4, -0.2) is 27.8 Å². The van der Waals surface area contributed by atoms with Crippen molar-refractivity contribution in [1.82, 2.24) is 14.8 Å². The quantitative estimate of drug-likeness (QED) is 0.662. The smallest absolute Gasteiger partial charge is 0.327 e. The highest BCUT2D eigenvalue weighted by Gasteiger charge is 2.10. The molecule has 0 fully saturated rings. The van der Waals surface area contributed by atoms with E-state index < -0.39 is 0 Å². The van der Waals surface area contributed by atoms with Crippen molar-refractivity contribution in [2.24, 2.45) is 0 Å². The molecule has 0 aliphatic heterocycles. The third kappa shape index (κ3) is 2.31. The molecule has 1 rings (SSSR count). The van der Waals surface area contributed by atoms with Gasteiger partial charge in [0.05, 0.1) is 7.11 Å². The summed E-state index contributed by atoms with van der Waals surface area (Å²) in [5.41, 5.74) is 0. The van der Waals surface area contributed by atoms with E-state index in [1.165, 1.54) is 7.11 Å². The Morgan fingerprint density at radius 3 is 2.64 bits per heavy atom. The minimum absolute atomic E-state index is 0.146. The molecule has 0 aliphatic carbocycles. The number of nitrogens with zero attached hydrogens (tertiary/aromatic N) is 3. The maximum absolute atomic E-state index is 11.0. The summed E-state index contributed by atoms with van der Waals surface area (Å²) in [4.78, 5) is 15.3. The summed E-state index contributed by atoms with van der Waals surface area (Å²) in [6.45, 7) is 4.11. The van der Waals surface area contributed by atoms with E-state index in [-0.39, 0.29) is 12.5 Å². The van der Waals surface area contributed by atoms with E-state index in [2.05, 4.69) is 14.8 Å². The SMILES string of the molecule is CCc1nc(CC)n(CC(=O)OC)n1. The number of carbonyl (C=O) groups is 1. The molecule has 78 valence electrons. The van der Waals surface area contributed by atoms with E-state index in [1.54, 1.807) is 4.68 Å². The summed E-state index contributed by atoms with van der Waals surface area (Å²) in [6, 6.07) is 0. The highest BCUT2D eigenvalue weighted by molar-refractivity contribution is 5.68. The van der Waals surface area contributed by atoms with Crippen LogP contribution in [0.15, 0.2) is 0 Å². The number of carbonyl (C=O) groups excluding carboxylic acids is 1. The van der Waals surface area contributed by atoms with Gasteiger partial charge in [-0.05, 0) is 0 Å². The van der Waals surface area contributed by atoms with Gasteiger partial charge in [-0.1, -0.05) is 13.8 Å². The number of ether oxygens (including phenoxy) is 1. The van der Waals surface area contributed by atoms with Crippen molar-refractivity contribution in [3.8, 4) is 0 Å². The van der Waals surface area contributed by atoms with Crippen molar-refractivity contribution in [2.75, 3.05) is 7.11 Å². The molecule has 5 nitrogen and oxygen atoms in total. The van der Waals surface area contributed by atoms with Crippen LogP contribution in [-0.2, 0) is 28.9 Å². The van der Waals surface area contributed by atoms with Crippen molar-refractivity contribution in [3.63, 3.8) is 0 Å². The van der Waals surface area contributed by atoms with E-state index >= 15 is 0 Å². The zero-order valence-corrected chi connectivity index (χ0v) is 8.78. The third-order valence-electron chi connectivity index (χ3n) is 1.93. The fourth-order valence-electron chi connectivity index (χ4n) is 1.15. The van der Waals surface area contributed by atoms with Crippen molar-refractivity contribution in [2.45, 2.75) is 33.2 Å². The van der Waals surface area contributed by atoms with Gasteiger partial charge >= 0.3 is 5.97 Å². The standard InChI is InChI=1S/C9H15N3O2/c1-4-7-10-8(5-2)12(11-7)6-9(13)14-3/h4-6H2,1-3H3. The molecule has 0 aliphatic rings. The van der Waals surface area contributed by atoms with Crippen LogP contribution in [0.2, 0.25) is 0 Å². The van der Waals surface area contributed by atoms with Gasteiger partial charge < -0.3 is 4.74 Å². The minimum atomic E-state index is -0.299. The molecule has 0 N–H and O–H groups in total. The molecule has 1 heterocycles. The molecular formula is C9H15N3O2. The molecule has 1 aromatic rings. The first-order valence-corrected chi connectivity index (χ1v) is 4.70. The minimum Gasteiger partial charge on any atom is -0.468 e. The highest BCUT2D eigenvalue weighted by atomic mass is 16.5. The highest BCUT2D eigenvalue weighted by Crippen LogP contribution is 2.00. The Morgan fingerprint density at radius 2 is 2.14 bits per heavy atom. The van der Waals surface area contributed by atoms with Gasteiger partial charge in [-0.2, -0.15) is 5.10 Å². The second kappa shape index (κ2) is 4.74. The number of aryl methyl sites for hydroxylation is 2. The average Bonchev–Trinajstić information content (AvgIpc) is 2.60. The lowest BCUT2D eigenvalue weighted by Gasteiger charge is -2.01. The van der Waals surface area contributed by atoms with Crippen LogP contribution >= 0.6 is 0 Å². The maximum atomic E-state index is 11.0. The van der Waals surface area contributed by atoms with E-state index in [0.717, 1.165) is 24.5 Å². The van der Waals surface area contributed by atoms with E-state index in [0.29, 0.717) is 0 Å². The Labute approximate surface area is 83.1 Å². The van der Waals surface area contributed by atoms with Crippen LogP contribution in [0.3, 0.4) is 0 Å². The summed E-state index contributed by atoms with van der Waals surface area (Å²) in [6.07, 6.45) is 1.55. The Kier molecular flexibility index (Phi) is 3.62. The first kappa shape index (κ1) is 10.7. The molecule has 0 spiro atoms. The van der Waals surface area contributed by atoms with Crippen LogP contribution in [0.25, 0.3) is 0 Å². The number of methoxy groups -OCH3 is 1.